The van der Waals surface area contributed by atoms with Gasteiger partial charge in [0.25, 0.3) is 0 Å². The number of benzene rings is 1. The molecule has 1 saturated carbocycles. The highest BCUT2D eigenvalue weighted by atomic mass is 16.5. The number of esters is 1. The lowest BCUT2D eigenvalue weighted by atomic mass is 9.97. The van der Waals surface area contributed by atoms with Crippen LogP contribution in [0.5, 0.6) is 0 Å². The molecule has 3 rings (SSSR count). The Morgan fingerprint density at radius 3 is 2.44 bits per heavy atom. The summed E-state index contributed by atoms with van der Waals surface area (Å²) in [6.45, 7) is 4.86. The largest absolute Gasteiger partial charge is 0.464 e. The first kappa shape index (κ1) is 17.8. The van der Waals surface area contributed by atoms with Gasteiger partial charge in [-0.05, 0) is 31.7 Å². The molecule has 1 aliphatic heterocycles. The molecule has 1 aromatic rings. The number of rotatable bonds is 6. The molecule has 5 nitrogen and oxygen atoms in total. The Morgan fingerprint density at radius 1 is 1.16 bits per heavy atom. The Kier molecular flexibility index (Phi) is 5.61. The van der Waals surface area contributed by atoms with Crippen molar-refractivity contribution in [3.05, 3.63) is 35.9 Å². The van der Waals surface area contributed by atoms with E-state index in [4.69, 9.17) is 4.74 Å². The summed E-state index contributed by atoms with van der Waals surface area (Å²) in [4.78, 5) is 29.8. The van der Waals surface area contributed by atoms with Crippen molar-refractivity contribution in [1.29, 1.82) is 0 Å². The Hall–Kier alpha value is -2.04. The standard InChI is InChI=1S/C20H28N2O3/c1-3-14-21-17(15-10-6-5-7-11-15)18(19(23)25-4-2)22(20(21)24)16-12-8-9-13-16/h5-7,10-11,16-18H,3-4,8-9,12-14H2,1-2H3/t17-,18+/m0/s1. The smallest absolute Gasteiger partial charge is 0.331 e. The van der Waals surface area contributed by atoms with E-state index in [1.165, 1.54) is 0 Å². The van der Waals surface area contributed by atoms with E-state index in [-0.39, 0.29) is 24.1 Å². The first-order chi connectivity index (χ1) is 12.2. The topological polar surface area (TPSA) is 49.9 Å². The van der Waals surface area contributed by atoms with Crippen molar-refractivity contribution in [3.63, 3.8) is 0 Å². The zero-order chi connectivity index (χ0) is 17.8. The summed E-state index contributed by atoms with van der Waals surface area (Å²) in [6.07, 6.45) is 5.05. The molecule has 25 heavy (non-hydrogen) atoms. The molecular weight excluding hydrogens is 316 g/mol. The molecule has 2 atom stereocenters. The van der Waals surface area contributed by atoms with Crippen LogP contribution in [0, 0.1) is 0 Å². The number of hydrogen-bond donors (Lipinski definition) is 0. The fourth-order valence-corrected chi connectivity index (χ4v) is 4.23. The van der Waals surface area contributed by atoms with E-state index >= 15 is 0 Å². The third-order valence-corrected chi connectivity index (χ3v) is 5.25. The number of ether oxygens (including phenoxy) is 1. The van der Waals surface area contributed by atoms with Crippen LogP contribution in [0.25, 0.3) is 0 Å². The highest BCUT2D eigenvalue weighted by Crippen LogP contribution is 2.40. The number of nitrogens with zero attached hydrogens (tertiary/aromatic N) is 2. The quantitative estimate of drug-likeness (QED) is 0.739. The van der Waals surface area contributed by atoms with Gasteiger partial charge in [-0.15, -0.1) is 0 Å². The molecule has 0 bridgehead atoms. The van der Waals surface area contributed by atoms with Crippen LogP contribution in [-0.2, 0) is 9.53 Å². The average molecular weight is 344 g/mol. The van der Waals surface area contributed by atoms with Crippen LogP contribution in [-0.4, -0.2) is 47.0 Å². The maximum atomic E-state index is 13.2. The second-order valence-electron chi connectivity index (χ2n) is 6.87. The van der Waals surface area contributed by atoms with Crippen molar-refractivity contribution in [2.45, 2.75) is 64.1 Å². The first-order valence-electron chi connectivity index (χ1n) is 9.49. The Labute approximate surface area is 149 Å². The summed E-state index contributed by atoms with van der Waals surface area (Å²) in [5, 5.41) is 0. The molecule has 2 aliphatic rings. The lowest BCUT2D eigenvalue weighted by Crippen LogP contribution is -2.46. The molecule has 0 N–H and O–H groups in total. The molecule has 2 fully saturated rings. The fourth-order valence-electron chi connectivity index (χ4n) is 4.23. The van der Waals surface area contributed by atoms with Crippen molar-refractivity contribution < 1.29 is 14.3 Å². The Balaban J connectivity index is 2.02. The maximum absolute atomic E-state index is 13.2. The highest BCUT2D eigenvalue weighted by molar-refractivity contribution is 5.89. The minimum Gasteiger partial charge on any atom is -0.464 e. The van der Waals surface area contributed by atoms with E-state index in [2.05, 4.69) is 6.92 Å². The minimum absolute atomic E-state index is 0.0133. The van der Waals surface area contributed by atoms with E-state index < -0.39 is 6.04 Å². The molecule has 0 radical (unpaired) electrons. The second kappa shape index (κ2) is 7.89. The molecular formula is C20H28N2O3. The first-order valence-corrected chi connectivity index (χ1v) is 9.49. The number of carbonyl (C=O) groups is 2. The van der Waals surface area contributed by atoms with Crippen LogP contribution in [0.2, 0.25) is 0 Å². The molecule has 0 spiro atoms. The average Bonchev–Trinajstić information content (AvgIpc) is 3.23. The molecule has 1 aromatic carbocycles. The van der Waals surface area contributed by atoms with Crippen LogP contribution >= 0.6 is 0 Å². The van der Waals surface area contributed by atoms with Crippen molar-refractivity contribution in [2.24, 2.45) is 0 Å². The molecule has 136 valence electrons. The molecule has 2 amide bonds. The predicted molar refractivity (Wildman–Crippen MR) is 96.1 cm³/mol. The van der Waals surface area contributed by atoms with Gasteiger partial charge in [-0.3, -0.25) is 0 Å². The second-order valence-corrected chi connectivity index (χ2v) is 6.87. The van der Waals surface area contributed by atoms with Gasteiger partial charge in [0.2, 0.25) is 0 Å². The normalized spacial score (nSPS) is 24.2. The summed E-state index contributed by atoms with van der Waals surface area (Å²) in [7, 11) is 0. The molecule has 1 saturated heterocycles. The summed E-state index contributed by atoms with van der Waals surface area (Å²) in [5.41, 5.74) is 1.00. The zero-order valence-corrected chi connectivity index (χ0v) is 15.2. The van der Waals surface area contributed by atoms with Gasteiger partial charge in [-0.2, -0.15) is 0 Å². The van der Waals surface area contributed by atoms with E-state index in [1.807, 2.05) is 47.1 Å². The monoisotopic (exact) mass is 344 g/mol. The number of carbonyl (C=O) groups excluding carboxylic acids is 2. The number of urea groups is 1. The molecule has 0 unspecified atom stereocenters. The third-order valence-electron chi connectivity index (χ3n) is 5.25. The summed E-state index contributed by atoms with van der Waals surface area (Å²) >= 11 is 0. The summed E-state index contributed by atoms with van der Waals surface area (Å²) in [5.74, 6) is -0.282. The van der Waals surface area contributed by atoms with Gasteiger partial charge in [0, 0.05) is 12.6 Å². The summed E-state index contributed by atoms with van der Waals surface area (Å²) < 4.78 is 5.38. The van der Waals surface area contributed by atoms with Gasteiger partial charge in [-0.25, -0.2) is 9.59 Å². The van der Waals surface area contributed by atoms with Gasteiger partial charge in [-0.1, -0.05) is 50.1 Å². The molecule has 1 heterocycles. The van der Waals surface area contributed by atoms with Gasteiger partial charge >= 0.3 is 12.0 Å². The van der Waals surface area contributed by atoms with Crippen LogP contribution in [0.3, 0.4) is 0 Å². The number of hydrogen-bond acceptors (Lipinski definition) is 3. The van der Waals surface area contributed by atoms with Gasteiger partial charge < -0.3 is 14.5 Å². The molecule has 5 heteroatoms. The third kappa shape index (κ3) is 3.37. The van der Waals surface area contributed by atoms with E-state index in [9.17, 15) is 9.59 Å². The fraction of sp³-hybridized carbons (Fsp3) is 0.600. The van der Waals surface area contributed by atoms with Crippen molar-refractivity contribution in [2.75, 3.05) is 13.2 Å². The highest BCUT2D eigenvalue weighted by Gasteiger charge is 2.53. The Morgan fingerprint density at radius 2 is 1.84 bits per heavy atom. The lowest BCUT2D eigenvalue weighted by molar-refractivity contribution is -0.149. The van der Waals surface area contributed by atoms with E-state index in [0.29, 0.717) is 13.2 Å². The SMILES string of the molecule is CCCN1C(=O)N(C2CCCC2)[C@@H](C(=O)OCC)[C@@H]1c1ccccc1. The van der Waals surface area contributed by atoms with Crippen molar-refractivity contribution in [3.8, 4) is 0 Å². The Bertz CT molecular complexity index is 598. The van der Waals surface area contributed by atoms with Gasteiger partial charge in [0.05, 0.1) is 12.6 Å². The maximum Gasteiger partial charge on any atom is 0.331 e. The van der Waals surface area contributed by atoms with E-state index in [0.717, 1.165) is 37.7 Å². The van der Waals surface area contributed by atoms with Crippen LogP contribution in [0.15, 0.2) is 30.3 Å². The lowest BCUT2D eigenvalue weighted by Gasteiger charge is -2.29. The number of amides is 2. The van der Waals surface area contributed by atoms with Crippen molar-refractivity contribution >= 4 is 12.0 Å². The predicted octanol–water partition coefficient (Wildman–Crippen LogP) is 3.75. The van der Waals surface area contributed by atoms with Crippen molar-refractivity contribution in [1.82, 2.24) is 9.80 Å². The molecule has 1 aliphatic carbocycles. The molecule has 0 aromatic heterocycles. The van der Waals surface area contributed by atoms with Crippen LogP contribution in [0.1, 0.15) is 57.6 Å². The minimum atomic E-state index is -0.551. The summed E-state index contributed by atoms with van der Waals surface area (Å²) in [6, 6.07) is 9.21. The van der Waals surface area contributed by atoms with Crippen LogP contribution < -0.4 is 0 Å². The van der Waals surface area contributed by atoms with E-state index in [1.54, 1.807) is 0 Å². The van der Waals surface area contributed by atoms with Crippen LogP contribution in [0.4, 0.5) is 4.79 Å². The van der Waals surface area contributed by atoms with Gasteiger partial charge in [0.1, 0.15) is 0 Å². The van der Waals surface area contributed by atoms with Gasteiger partial charge in [0.15, 0.2) is 6.04 Å². The zero-order valence-electron chi connectivity index (χ0n) is 15.2.